The number of carbonyl (C=O) groups is 1. The third-order valence-electron chi connectivity index (χ3n) is 5.00. The van der Waals surface area contributed by atoms with Gasteiger partial charge < -0.3 is 20.6 Å². The van der Waals surface area contributed by atoms with E-state index >= 15 is 0 Å². The van der Waals surface area contributed by atoms with Crippen LogP contribution in [0.25, 0.3) is 10.9 Å². The highest BCUT2D eigenvalue weighted by atomic mass is 16.4. The summed E-state index contributed by atoms with van der Waals surface area (Å²) < 4.78 is 0. The maximum absolute atomic E-state index is 11.7. The van der Waals surface area contributed by atoms with Crippen LogP contribution in [0.2, 0.25) is 0 Å². The Morgan fingerprint density at radius 1 is 0.933 bits per heavy atom. The van der Waals surface area contributed by atoms with Crippen LogP contribution in [0.15, 0.2) is 72.8 Å². The summed E-state index contributed by atoms with van der Waals surface area (Å²) in [7, 11) is 0. The molecule has 0 bridgehead atoms. The Kier molecular flexibility index (Phi) is 4.98. The lowest BCUT2D eigenvalue weighted by atomic mass is 9.95. The number of phenolic OH excluding ortho intramolecular Hbond substituents is 2. The Morgan fingerprint density at radius 3 is 2.37 bits per heavy atom. The van der Waals surface area contributed by atoms with E-state index in [1.54, 1.807) is 48.5 Å². The van der Waals surface area contributed by atoms with Gasteiger partial charge in [-0.25, -0.2) is 9.78 Å². The smallest absolute Gasteiger partial charge is 0.337 e. The zero-order valence-electron chi connectivity index (χ0n) is 16.2. The average molecular weight is 400 g/mol. The Bertz CT molecular complexity index is 1240. The number of nitrogens with one attached hydrogen (secondary N) is 1. The van der Waals surface area contributed by atoms with Gasteiger partial charge in [-0.3, -0.25) is 0 Å². The van der Waals surface area contributed by atoms with Crippen LogP contribution in [0.3, 0.4) is 0 Å². The fourth-order valence-electron chi connectivity index (χ4n) is 3.48. The van der Waals surface area contributed by atoms with Crippen molar-refractivity contribution in [1.82, 2.24) is 4.98 Å². The molecule has 0 fully saturated rings. The first-order valence-electron chi connectivity index (χ1n) is 9.41. The SMILES string of the molecule is Cc1ccc2ccc([C@@H](Nc3ccccc3C(=O)O)c3ccc(O)cc3)c(O)c2n1. The van der Waals surface area contributed by atoms with E-state index in [0.717, 1.165) is 16.6 Å². The van der Waals surface area contributed by atoms with Gasteiger partial charge in [-0.1, -0.05) is 42.5 Å². The number of hydrogen-bond donors (Lipinski definition) is 4. The molecule has 0 spiro atoms. The summed E-state index contributed by atoms with van der Waals surface area (Å²) in [4.78, 5) is 16.1. The number of anilines is 1. The zero-order valence-corrected chi connectivity index (χ0v) is 16.2. The number of nitrogens with zero attached hydrogens (tertiary/aromatic N) is 1. The van der Waals surface area contributed by atoms with Gasteiger partial charge in [-0.05, 0) is 42.8 Å². The van der Waals surface area contributed by atoms with Gasteiger partial charge in [0, 0.05) is 22.3 Å². The Labute approximate surface area is 173 Å². The predicted molar refractivity (Wildman–Crippen MR) is 115 cm³/mol. The minimum Gasteiger partial charge on any atom is -0.508 e. The van der Waals surface area contributed by atoms with E-state index in [-0.39, 0.29) is 17.1 Å². The van der Waals surface area contributed by atoms with E-state index in [0.29, 0.717) is 16.8 Å². The first kappa shape index (κ1) is 19.3. The zero-order chi connectivity index (χ0) is 21.3. The molecule has 30 heavy (non-hydrogen) atoms. The minimum atomic E-state index is -1.05. The predicted octanol–water partition coefficient (Wildman–Crippen LogP) is 4.85. The number of rotatable bonds is 5. The van der Waals surface area contributed by atoms with Crippen molar-refractivity contribution in [2.75, 3.05) is 5.32 Å². The molecule has 0 saturated heterocycles. The largest absolute Gasteiger partial charge is 0.508 e. The van der Waals surface area contributed by atoms with Crippen molar-refractivity contribution >= 4 is 22.6 Å². The highest BCUT2D eigenvalue weighted by Crippen LogP contribution is 2.37. The third kappa shape index (κ3) is 3.63. The molecule has 6 heteroatoms. The molecule has 150 valence electrons. The molecule has 1 aromatic heterocycles. The second-order valence-corrected chi connectivity index (χ2v) is 7.05. The third-order valence-corrected chi connectivity index (χ3v) is 5.00. The number of aryl methyl sites for hydroxylation is 1. The van der Waals surface area contributed by atoms with Crippen molar-refractivity contribution < 1.29 is 20.1 Å². The van der Waals surface area contributed by atoms with Crippen LogP contribution >= 0.6 is 0 Å². The van der Waals surface area contributed by atoms with Crippen molar-refractivity contribution in [3.8, 4) is 11.5 Å². The molecule has 4 N–H and O–H groups in total. The quantitative estimate of drug-likeness (QED) is 0.382. The van der Waals surface area contributed by atoms with E-state index in [9.17, 15) is 20.1 Å². The standard InChI is InChI=1S/C24H20N2O4/c1-14-6-7-16-10-13-19(23(28)22(16)25-14)21(15-8-11-17(27)12-9-15)26-20-5-3-2-4-18(20)24(29)30/h2-13,21,26-28H,1H3,(H,29,30)/t21-/m0/s1. The minimum absolute atomic E-state index is 0.0228. The topological polar surface area (TPSA) is 103 Å². The van der Waals surface area contributed by atoms with Crippen molar-refractivity contribution in [2.45, 2.75) is 13.0 Å². The summed E-state index contributed by atoms with van der Waals surface area (Å²) in [5, 5.41) is 34.3. The van der Waals surface area contributed by atoms with Crippen molar-refractivity contribution in [2.24, 2.45) is 0 Å². The van der Waals surface area contributed by atoms with Crippen LogP contribution in [0, 0.1) is 6.92 Å². The van der Waals surface area contributed by atoms with Gasteiger partial charge in [-0.2, -0.15) is 0 Å². The van der Waals surface area contributed by atoms with E-state index < -0.39 is 12.0 Å². The summed E-state index contributed by atoms with van der Waals surface area (Å²) in [6.07, 6.45) is 0. The number of carboxylic acids is 1. The molecule has 4 rings (SSSR count). The molecule has 0 aliphatic carbocycles. The monoisotopic (exact) mass is 400 g/mol. The molecule has 1 atom stereocenters. The van der Waals surface area contributed by atoms with E-state index in [1.165, 1.54) is 6.07 Å². The number of para-hydroxylation sites is 1. The summed E-state index contributed by atoms with van der Waals surface area (Å²) in [5.41, 5.74) is 3.09. The number of phenols is 2. The molecular weight excluding hydrogens is 380 g/mol. The van der Waals surface area contributed by atoms with Crippen LogP contribution in [0.4, 0.5) is 5.69 Å². The van der Waals surface area contributed by atoms with E-state index in [4.69, 9.17) is 0 Å². The number of aromatic nitrogens is 1. The van der Waals surface area contributed by atoms with Crippen molar-refractivity contribution in [3.63, 3.8) is 0 Å². The molecule has 0 amide bonds. The molecule has 3 aromatic carbocycles. The van der Waals surface area contributed by atoms with Crippen LogP contribution in [-0.4, -0.2) is 26.3 Å². The molecule has 0 aliphatic rings. The number of pyridine rings is 1. The normalized spacial score (nSPS) is 11.9. The molecule has 1 heterocycles. The van der Waals surface area contributed by atoms with Crippen molar-refractivity contribution in [3.05, 3.63) is 95.2 Å². The van der Waals surface area contributed by atoms with Crippen LogP contribution in [-0.2, 0) is 0 Å². The summed E-state index contributed by atoms with van der Waals surface area (Å²) in [6.45, 7) is 1.85. The van der Waals surface area contributed by atoms with Crippen LogP contribution in [0.5, 0.6) is 11.5 Å². The summed E-state index contributed by atoms with van der Waals surface area (Å²) in [5.74, 6) is -0.916. The van der Waals surface area contributed by atoms with Gasteiger partial charge in [0.05, 0.1) is 11.6 Å². The first-order valence-corrected chi connectivity index (χ1v) is 9.41. The van der Waals surface area contributed by atoms with Gasteiger partial charge in [0.2, 0.25) is 0 Å². The van der Waals surface area contributed by atoms with Gasteiger partial charge in [0.25, 0.3) is 0 Å². The lowest BCUT2D eigenvalue weighted by molar-refractivity contribution is 0.0698. The van der Waals surface area contributed by atoms with Gasteiger partial charge in [-0.15, -0.1) is 0 Å². The second-order valence-electron chi connectivity index (χ2n) is 7.05. The number of carboxylic acid groups (broad SMARTS) is 1. The second kappa shape index (κ2) is 7.75. The fourth-order valence-corrected chi connectivity index (χ4v) is 3.48. The van der Waals surface area contributed by atoms with Crippen LogP contribution < -0.4 is 5.32 Å². The fraction of sp³-hybridized carbons (Fsp3) is 0.0833. The summed E-state index contributed by atoms with van der Waals surface area (Å²) >= 11 is 0. The molecular formula is C24H20N2O4. The maximum Gasteiger partial charge on any atom is 0.337 e. The molecule has 0 unspecified atom stereocenters. The highest BCUT2D eigenvalue weighted by molar-refractivity contribution is 5.94. The average Bonchev–Trinajstić information content (AvgIpc) is 2.74. The Morgan fingerprint density at radius 2 is 1.63 bits per heavy atom. The lowest BCUT2D eigenvalue weighted by Crippen LogP contribution is -2.15. The molecule has 6 nitrogen and oxygen atoms in total. The van der Waals surface area contributed by atoms with Gasteiger partial charge in [0.15, 0.2) is 0 Å². The first-order chi connectivity index (χ1) is 14.4. The molecule has 0 radical (unpaired) electrons. The molecule has 0 saturated carbocycles. The van der Waals surface area contributed by atoms with Gasteiger partial charge in [0.1, 0.15) is 17.0 Å². The van der Waals surface area contributed by atoms with E-state index in [1.807, 2.05) is 25.1 Å². The number of fused-ring (bicyclic) bond motifs is 1. The number of aromatic carboxylic acids is 1. The summed E-state index contributed by atoms with van der Waals surface area (Å²) in [6, 6.07) is 20.0. The Balaban J connectivity index is 1.89. The molecule has 4 aromatic rings. The van der Waals surface area contributed by atoms with E-state index in [2.05, 4.69) is 10.3 Å². The number of aromatic hydroxyl groups is 2. The maximum atomic E-state index is 11.7. The Hall–Kier alpha value is -4.06. The van der Waals surface area contributed by atoms with Crippen LogP contribution in [0.1, 0.15) is 33.2 Å². The van der Waals surface area contributed by atoms with Gasteiger partial charge >= 0.3 is 5.97 Å². The van der Waals surface area contributed by atoms with Crippen molar-refractivity contribution in [1.29, 1.82) is 0 Å². The molecule has 0 aliphatic heterocycles. The number of hydrogen-bond acceptors (Lipinski definition) is 5. The lowest BCUT2D eigenvalue weighted by Gasteiger charge is -2.23. The number of benzene rings is 3. The highest BCUT2D eigenvalue weighted by Gasteiger charge is 2.22.